The number of hydrogen-bond acceptors (Lipinski definition) is 3. The second kappa shape index (κ2) is 4.53. The molecule has 0 aliphatic heterocycles. The second-order valence-corrected chi connectivity index (χ2v) is 3.55. The topological polar surface area (TPSA) is 73.7 Å². The van der Waals surface area contributed by atoms with Crippen LogP contribution in [0, 0.1) is 16.7 Å². The summed E-state index contributed by atoms with van der Waals surface area (Å²) in [6.45, 7) is 0. The van der Waals surface area contributed by atoms with Crippen LogP contribution in [0.4, 0.5) is 0 Å². The molecule has 0 aromatic heterocycles. The third-order valence-electron chi connectivity index (χ3n) is 1.46. The minimum Gasteiger partial charge on any atom is -0.379 e. The van der Waals surface area contributed by atoms with Gasteiger partial charge in [0.05, 0.1) is 6.07 Å². The van der Waals surface area contributed by atoms with Crippen LogP contribution >= 0.6 is 11.8 Å². The van der Waals surface area contributed by atoms with Gasteiger partial charge in [0.1, 0.15) is 5.25 Å². The molecule has 1 atom stereocenters. The van der Waals surface area contributed by atoms with Crippen LogP contribution < -0.4 is 5.73 Å². The third kappa shape index (κ3) is 2.80. The van der Waals surface area contributed by atoms with E-state index in [-0.39, 0.29) is 10.4 Å². The highest BCUT2D eigenvalue weighted by atomic mass is 32.2. The van der Waals surface area contributed by atoms with Gasteiger partial charge in [0, 0.05) is 0 Å². The fourth-order valence-corrected chi connectivity index (χ4v) is 1.52. The highest BCUT2D eigenvalue weighted by Gasteiger charge is 2.11. The van der Waals surface area contributed by atoms with E-state index in [1.807, 2.05) is 30.3 Å². The van der Waals surface area contributed by atoms with Gasteiger partial charge in [0.15, 0.2) is 5.17 Å². The standard InChI is InChI=1S/C9H9N3S/c10-6-8(13-9(11)12)7-4-2-1-3-5-7/h1-5,8H,(H3,11,12)/t8-/m0/s1. The minimum absolute atomic E-state index is 0.0320. The van der Waals surface area contributed by atoms with Crippen molar-refractivity contribution in [3.63, 3.8) is 0 Å². The molecule has 0 spiro atoms. The van der Waals surface area contributed by atoms with Crippen molar-refractivity contribution in [1.82, 2.24) is 0 Å². The lowest BCUT2D eigenvalue weighted by Crippen LogP contribution is -2.06. The number of thioether (sulfide) groups is 1. The number of amidine groups is 1. The van der Waals surface area contributed by atoms with Crippen LogP contribution in [0.2, 0.25) is 0 Å². The van der Waals surface area contributed by atoms with Gasteiger partial charge < -0.3 is 5.73 Å². The largest absolute Gasteiger partial charge is 0.379 e. The van der Waals surface area contributed by atoms with E-state index in [2.05, 4.69) is 6.07 Å². The highest BCUT2D eigenvalue weighted by molar-refractivity contribution is 8.14. The molecule has 0 unspecified atom stereocenters. The summed E-state index contributed by atoms with van der Waals surface area (Å²) in [5, 5.41) is 15.5. The molecular weight excluding hydrogens is 182 g/mol. The molecule has 0 amide bonds. The van der Waals surface area contributed by atoms with Crippen LogP contribution in [0.3, 0.4) is 0 Å². The van der Waals surface area contributed by atoms with Gasteiger partial charge in [0.2, 0.25) is 0 Å². The van der Waals surface area contributed by atoms with Gasteiger partial charge >= 0.3 is 0 Å². The Morgan fingerprint density at radius 3 is 2.54 bits per heavy atom. The zero-order valence-electron chi connectivity index (χ0n) is 6.90. The van der Waals surface area contributed by atoms with Crippen LogP contribution in [-0.4, -0.2) is 5.17 Å². The SMILES string of the molecule is N#C[C@H](SC(=N)N)c1ccccc1. The van der Waals surface area contributed by atoms with Gasteiger partial charge in [-0.2, -0.15) is 5.26 Å². The minimum atomic E-state index is -0.376. The van der Waals surface area contributed by atoms with E-state index >= 15 is 0 Å². The van der Waals surface area contributed by atoms with Crippen molar-refractivity contribution in [3.05, 3.63) is 35.9 Å². The average molecular weight is 191 g/mol. The summed E-state index contributed by atoms with van der Waals surface area (Å²) in [5.41, 5.74) is 6.08. The van der Waals surface area contributed by atoms with Gasteiger partial charge in [-0.05, 0) is 5.56 Å². The van der Waals surface area contributed by atoms with E-state index < -0.39 is 0 Å². The molecule has 0 saturated heterocycles. The molecule has 4 heteroatoms. The van der Waals surface area contributed by atoms with Crippen molar-refractivity contribution in [2.75, 3.05) is 0 Å². The lowest BCUT2D eigenvalue weighted by atomic mass is 10.2. The smallest absolute Gasteiger partial charge is 0.152 e. The molecule has 0 aliphatic carbocycles. The Labute approximate surface area is 81.1 Å². The average Bonchev–Trinajstić information content (AvgIpc) is 2.15. The molecule has 3 N–H and O–H groups in total. The number of hydrogen-bond donors (Lipinski definition) is 2. The molecule has 0 heterocycles. The van der Waals surface area contributed by atoms with Crippen molar-refractivity contribution < 1.29 is 0 Å². The van der Waals surface area contributed by atoms with Crippen LogP contribution in [0.1, 0.15) is 10.8 Å². The number of nitrogens with two attached hydrogens (primary N) is 1. The van der Waals surface area contributed by atoms with Crippen molar-refractivity contribution in [1.29, 1.82) is 10.7 Å². The summed E-state index contributed by atoms with van der Waals surface area (Å²) in [4.78, 5) is 0. The molecule has 0 aliphatic rings. The molecule has 0 radical (unpaired) electrons. The van der Waals surface area contributed by atoms with Crippen LogP contribution in [0.15, 0.2) is 30.3 Å². The van der Waals surface area contributed by atoms with E-state index in [1.165, 1.54) is 0 Å². The predicted octanol–water partition coefficient (Wildman–Crippen LogP) is 1.88. The monoisotopic (exact) mass is 191 g/mol. The van der Waals surface area contributed by atoms with Gasteiger partial charge in [0.25, 0.3) is 0 Å². The lowest BCUT2D eigenvalue weighted by molar-refractivity contribution is 1.23. The van der Waals surface area contributed by atoms with Crippen molar-refractivity contribution in [3.8, 4) is 6.07 Å². The van der Waals surface area contributed by atoms with E-state index in [1.54, 1.807) is 0 Å². The predicted molar refractivity (Wildman–Crippen MR) is 54.3 cm³/mol. The zero-order valence-corrected chi connectivity index (χ0v) is 7.71. The lowest BCUT2D eigenvalue weighted by Gasteiger charge is -2.06. The molecule has 0 fully saturated rings. The Morgan fingerprint density at radius 1 is 1.46 bits per heavy atom. The van der Waals surface area contributed by atoms with E-state index in [0.717, 1.165) is 17.3 Å². The molecule has 1 aromatic rings. The Kier molecular flexibility index (Phi) is 3.35. The molecule has 0 saturated carbocycles. The zero-order chi connectivity index (χ0) is 9.68. The van der Waals surface area contributed by atoms with Crippen LogP contribution in [0.5, 0.6) is 0 Å². The number of benzene rings is 1. The van der Waals surface area contributed by atoms with Crippen LogP contribution in [0.25, 0.3) is 0 Å². The van der Waals surface area contributed by atoms with Crippen molar-refractivity contribution in [2.24, 2.45) is 5.73 Å². The molecular formula is C9H9N3S. The first-order chi connectivity index (χ1) is 6.24. The number of nitrogens with one attached hydrogen (secondary N) is 1. The highest BCUT2D eigenvalue weighted by Crippen LogP contribution is 2.26. The fraction of sp³-hybridized carbons (Fsp3) is 0.111. The van der Waals surface area contributed by atoms with E-state index in [9.17, 15) is 0 Å². The van der Waals surface area contributed by atoms with E-state index in [4.69, 9.17) is 16.4 Å². The van der Waals surface area contributed by atoms with Crippen molar-refractivity contribution in [2.45, 2.75) is 5.25 Å². The molecule has 13 heavy (non-hydrogen) atoms. The summed E-state index contributed by atoms with van der Waals surface area (Å²) in [5.74, 6) is 0. The molecule has 1 rings (SSSR count). The Bertz CT molecular complexity index is 328. The van der Waals surface area contributed by atoms with Crippen molar-refractivity contribution >= 4 is 16.9 Å². The maximum absolute atomic E-state index is 8.81. The molecule has 0 bridgehead atoms. The summed E-state index contributed by atoms with van der Waals surface area (Å²) < 4.78 is 0. The maximum atomic E-state index is 8.81. The Hall–Kier alpha value is -1.47. The van der Waals surface area contributed by atoms with Gasteiger partial charge in [-0.25, -0.2) is 0 Å². The quantitative estimate of drug-likeness (QED) is 0.553. The second-order valence-electron chi connectivity index (χ2n) is 2.40. The number of nitriles is 1. The summed E-state index contributed by atoms with van der Waals surface area (Å²) in [6, 6.07) is 11.4. The fourth-order valence-electron chi connectivity index (χ4n) is 0.924. The number of rotatable bonds is 2. The molecule has 66 valence electrons. The van der Waals surface area contributed by atoms with Gasteiger partial charge in [-0.15, -0.1) is 0 Å². The summed E-state index contributed by atoms with van der Waals surface area (Å²) >= 11 is 1.05. The normalized spacial score (nSPS) is 11.6. The Balaban J connectivity index is 2.80. The first kappa shape index (κ1) is 9.62. The van der Waals surface area contributed by atoms with Crippen LogP contribution in [-0.2, 0) is 0 Å². The first-order valence-electron chi connectivity index (χ1n) is 3.69. The first-order valence-corrected chi connectivity index (χ1v) is 4.57. The summed E-state index contributed by atoms with van der Waals surface area (Å²) in [6.07, 6.45) is 0. The van der Waals surface area contributed by atoms with Gasteiger partial charge in [-0.3, -0.25) is 5.41 Å². The number of nitrogens with zero attached hydrogens (tertiary/aromatic N) is 1. The third-order valence-corrected chi connectivity index (χ3v) is 2.33. The Morgan fingerprint density at radius 2 is 2.08 bits per heavy atom. The molecule has 1 aromatic carbocycles. The molecule has 3 nitrogen and oxygen atoms in total. The maximum Gasteiger partial charge on any atom is 0.152 e. The van der Waals surface area contributed by atoms with E-state index in [0.29, 0.717) is 0 Å². The summed E-state index contributed by atoms with van der Waals surface area (Å²) in [7, 11) is 0. The van der Waals surface area contributed by atoms with Gasteiger partial charge in [-0.1, -0.05) is 42.1 Å².